The second-order valence-electron chi connectivity index (χ2n) is 6.34. The van der Waals surface area contributed by atoms with Crippen molar-refractivity contribution in [1.82, 2.24) is 10.8 Å². The summed E-state index contributed by atoms with van der Waals surface area (Å²) in [7, 11) is 2.33. The van der Waals surface area contributed by atoms with E-state index >= 15 is 0 Å². The van der Waals surface area contributed by atoms with Crippen LogP contribution in [0.2, 0.25) is 0 Å². The summed E-state index contributed by atoms with van der Waals surface area (Å²) in [6.07, 6.45) is 0. The van der Waals surface area contributed by atoms with Gasteiger partial charge in [0.25, 0.3) is 5.91 Å². The van der Waals surface area contributed by atoms with Crippen LogP contribution in [0.25, 0.3) is 0 Å². The summed E-state index contributed by atoms with van der Waals surface area (Å²) >= 11 is 0. The van der Waals surface area contributed by atoms with Gasteiger partial charge in [-0.15, -0.1) is 0 Å². The van der Waals surface area contributed by atoms with Crippen LogP contribution in [0.5, 0.6) is 0 Å². The first-order valence-corrected chi connectivity index (χ1v) is 9.22. The average Bonchev–Trinajstić information content (AvgIpc) is 2.81. The quantitative estimate of drug-likeness (QED) is 0.172. The molecule has 0 aliphatic heterocycles. The molecule has 12 heteroatoms. The first-order valence-electron chi connectivity index (χ1n) is 9.22. The van der Waals surface area contributed by atoms with Gasteiger partial charge in [-0.25, -0.2) is 19.2 Å². The molecular formula is C21H20N2O10. The van der Waals surface area contributed by atoms with E-state index in [1.807, 2.05) is 0 Å². The number of hydroxylamine groups is 1. The Labute approximate surface area is 187 Å². The number of rotatable bonds is 10. The molecule has 33 heavy (non-hydrogen) atoms. The average molecular weight is 460 g/mol. The predicted octanol–water partition coefficient (Wildman–Crippen LogP) is 1.06. The van der Waals surface area contributed by atoms with E-state index < -0.39 is 29.8 Å². The lowest BCUT2D eigenvalue weighted by atomic mass is 10.0. The van der Waals surface area contributed by atoms with Gasteiger partial charge in [0.15, 0.2) is 0 Å². The van der Waals surface area contributed by atoms with Crippen LogP contribution >= 0.6 is 0 Å². The summed E-state index contributed by atoms with van der Waals surface area (Å²) in [6.45, 7) is -0.569. The zero-order valence-electron chi connectivity index (χ0n) is 17.5. The van der Waals surface area contributed by atoms with E-state index in [0.29, 0.717) is 0 Å². The van der Waals surface area contributed by atoms with Crippen molar-refractivity contribution in [1.29, 1.82) is 0 Å². The van der Waals surface area contributed by atoms with E-state index in [9.17, 15) is 34.2 Å². The highest BCUT2D eigenvalue weighted by Crippen LogP contribution is 2.15. The summed E-state index contributed by atoms with van der Waals surface area (Å²) in [6, 6.07) is 7.24. The van der Waals surface area contributed by atoms with Crippen LogP contribution in [-0.2, 0) is 20.9 Å². The molecular weight excluding hydrogens is 440 g/mol. The first kappa shape index (κ1) is 25.0. The number of hydrogen-bond acceptors (Lipinski definition) is 9. The summed E-state index contributed by atoms with van der Waals surface area (Å²) in [4.78, 5) is 63.6. The Bertz CT molecular complexity index is 1100. The van der Waals surface area contributed by atoms with Crippen LogP contribution in [0.1, 0.15) is 57.4 Å². The SMILES string of the molecule is COC(=O)c1ccc(C(=O)O)c(CONCNC(=O)c2cc(C(=O)OC)ccc2C(=O)O)c1. The minimum atomic E-state index is -1.37. The van der Waals surface area contributed by atoms with Crippen LogP contribution in [0, 0.1) is 0 Å². The second-order valence-corrected chi connectivity index (χ2v) is 6.34. The van der Waals surface area contributed by atoms with Crippen molar-refractivity contribution in [2.75, 3.05) is 20.9 Å². The van der Waals surface area contributed by atoms with E-state index in [-0.39, 0.29) is 46.7 Å². The molecule has 2 aromatic carbocycles. The van der Waals surface area contributed by atoms with Crippen molar-refractivity contribution < 1.29 is 48.5 Å². The topological polar surface area (TPSA) is 178 Å². The number of aromatic carboxylic acids is 2. The van der Waals surface area contributed by atoms with E-state index in [1.54, 1.807) is 0 Å². The molecule has 0 saturated carbocycles. The largest absolute Gasteiger partial charge is 0.478 e. The number of ether oxygens (including phenoxy) is 2. The highest BCUT2D eigenvalue weighted by molar-refractivity contribution is 6.06. The van der Waals surface area contributed by atoms with Crippen LogP contribution in [0.3, 0.4) is 0 Å². The molecule has 0 heterocycles. The van der Waals surface area contributed by atoms with Gasteiger partial charge in [-0.1, -0.05) is 0 Å². The van der Waals surface area contributed by atoms with Crippen molar-refractivity contribution in [3.05, 3.63) is 69.8 Å². The van der Waals surface area contributed by atoms with Gasteiger partial charge >= 0.3 is 23.9 Å². The van der Waals surface area contributed by atoms with E-state index in [0.717, 1.165) is 19.2 Å². The van der Waals surface area contributed by atoms with Gasteiger partial charge in [0, 0.05) is 0 Å². The van der Waals surface area contributed by atoms with Crippen molar-refractivity contribution >= 4 is 29.8 Å². The minimum Gasteiger partial charge on any atom is -0.478 e. The molecule has 0 atom stereocenters. The van der Waals surface area contributed by atoms with Gasteiger partial charge in [0.05, 0.1) is 55.3 Å². The summed E-state index contributed by atoms with van der Waals surface area (Å²) in [5, 5.41) is 20.9. The molecule has 4 N–H and O–H groups in total. The maximum Gasteiger partial charge on any atom is 0.337 e. The lowest BCUT2D eigenvalue weighted by Crippen LogP contribution is -2.34. The lowest BCUT2D eigenvalue weighted by Gasteiger charge is -2.12. The maximum absolute atomic E-state index is 12.4. The lowest BCUT2D eigenvalue weighted by molar-refractivity contribution is 0.0225. The fourth-order valence-corrected chi connectivity index (χ4v) is 2.72. The molecule has 0 spiro atoms. The molecule has 12 nitrogen and oxygen atoms in total. The third-order valence-electron chi connectivity index (χ3n) is 4.32. The third-order valence-corrected chi connectivity index (χ3v) is 4.32. The molecule has 0 fully saturated rings. The molecule has 0 unspecified atom stereocenters. The molecule has 0 aromatic heterocycles. The number of hydrogen-bond donors (Lipinski definition) is 4. The molecule has 0 aliphatic carbocycles. The third kappa shape index (κ3) is 6.35. The van der Waals surface area contributed by atoms with Crippen LogP contribution in [0.4, 0.5) is 0 Å². The predicted molar refractivity (Wildman–Crippen MR) is 110 cm³/mol. The van der Waals surface area contributed by atoms with Crippen molar-refractivity contribution in [3.63, 3.8) is 0 Å². The molecule has 0 bridgehead atoms. The molecule has 0 saturated heterocycles. The first-order chi connectivity index (χ1) is 15.7. The normalized spacial score (nSPS) is 10.2. The van der Waals surface area contributed by atoms with E-state index in [1.165, 1.54) is 31.4 Å². The number of methoxy groups -OCH3 is 2. The van der Waals surface area contributed by atoms with Gasteiger partial charge in [-0.2, -0.15) is 5.48 Å². The van der Waals surface area contributed by atoms with Gasteiger partial charge in [-0.3, -0.25) is 9.63 Å². The van der Waals surface area contributed by atoms with Gasteiger partial charge in [0.1, 0.15) is 0 Å². The number of esters is 2. The summed E-state index contributed by atoms with van der Waals surface area (Å²) in [5.41, 5.74) is 1.97. The van der Waals surface area contributed by atoms with E-state index in [4.69, 9.17) is 4.84 Å². The highest BCUT2D eigenvalue weighted by atomic mass is 16.6. The Kier molecular flexibility index (Phi) is 8.60. The number of amides is 1. The molecule has 174 valence electrons. The standard InChI is InChI=1S/C21H20N2O10/c1-31-20(29)11-3-5-14(18(25)26)13(7-11)9-33-23-10-22-17(24)16-8-12(21(30)32-2)4-6-15(16)19(27)28/h3-8,23H,9-10H2,1-2H3,(H,22,24)(H,25,26)(H,27,28). The second kappa shape index (κ2) is 11.4. The molecule has 1 amide bonds. The number of carbonyl (C=O) groups excluding carboxylic acids is 3. The Morgan fingerprint density at radius 2 is 1.33 bits per heavy atom. The zero-order valence-corrected chi connectivity index (χ0v) is 17.5. The summed E-state index contributed by atoms with van der Waals surface area (Å²) < 4.78 is 9.16. The minimum absolute atomic E-state index is 0.0106. The van der Waals surface area contributed by atoms with E-state index in [2.05, 4.69) is 20.3 Å². The molecule has 2 rings (SSSR count). The van der Waals surface area contributed by atoms with Crippen molar-refractivity contribution in [2.24, 2.45) is 0 Å². The fraction of sp³-hybridized carbons (Fsp3) is 0.190. The Balaban J connectivity index is 2.03. The Morgan fingerprint density at radius 3 is 1.88 bits per heavy atom. The number of carboxylic acid groups (broad SMARTS) is 2. The van der Waals surface area contributed by atoms with Crippen LogP contribution in [-0.4, -0.2) is 60.9 Å². The number of nitrogens with one attached hydrogen (secondary N) is 2. The Morgan fingerprint density at radius 1 is 0.788 bits per heavy atom. The van der Waals surface area contributed by atoms with Crippen molar-refractivity contribution in [3.8, 4) is 0 Å². The van der Waals surface area contributed by atoms with Gasteiger partial charge < -0.3 is 25.0 Å². The zero-order chi connectivity index (χ0) is 24.5. The van der Waals surface area contributed by atoms with Crippen LogP contribution < -0.4 is 10.8 Å². The molecule has 2 aromatic rings. The van der Waals surface area contributed by atoms with Crippen molar-refractivity contribution in [2.45, 2.75) is 6.61 Å². The monoisotopic (exact) mass is 460 g/mol. The highest BCUT2D eigenvalue weighted by Gasteiger charge is 2.19. The van der Waals surface area contributed by atoms with Gasteiger partial charge in [0.2, 0.25) is 0 Å². The number of carbonyl (C=O) groups is 5. The maximum atomic E-state index is 12.4. The van der Waals surface area contributed by atoms with Crippen LogP contribution in [0.15, 0.2) is 36.4 Å². The molecule has 0 radical (unpaired) electrons. The summed E-state index contributed by atoms with van der Waals surface area (Å²) in [5.74, 6) is -4.81. The number of carboxylic acids is 2. The smallest absolute Gasteiger partial charge is 0.337 e. The molecule has 0 aliphatic rings. The fourth-order valence-electron chi connectivity index (χ4n) is 2.72. The van der Waals surface area contributed by atoms with Gasteiger partial charge in [-0.05, 0) is 42.0 Å². The Hall–Kier alpha value is -4.29. The number of benzene rings is 2.